The van der Waals surface area contributed by atoms with Gasteiger partial charge in [-0.2, -0.15) is 0 Å². The number of piperidine rings is 1. The van der Waals surface area contributed by atoms with Crippen LogP contribution in [-0.2, 0) is 24.2 Å². The van der Waals surface area contributed by atoms with E-state index in [0.29, 0.717) is 19.0 Å². The van der Waals surface area contributed by atoms with Crippen LogP contribution in [0.15, 0.2) is 24.3 Å². The maximum atomic E-state index is 12.5. The summed E-state index contributed by atoms with van der Waals surface area (Å²) in [6.45, 7) is 4.00. The van der Waals surface area contributed by atoms with Crippen LogP contribution in [0.5, 0.6) is 5.75 Å². The third-order valence-electron chi connectivity index (χ3n) is 6.25. The topological polar surface area (TPSA) is 72.3 Å². The Hall–Kier alpha value is -2.41. The molecule has 0 spiro atoms. The molecule has 1 aromatic carbocycles. The molecular weight excluding hydrogens is 378 g/mol. The molecule has 3 heterocycles. The lowest BCUT2D eigenvalue weighted by Crippen LogP contribution is -2.42. The first-order chi connectivity index (χ1) is 14.7. The van der Waals surface area contributed by atoms with Gasteiger partial charge in [-0.3, -0.25) is 9.69 Å². The number of likely N-dealkylation sites (tertiary alicyclic amines) is 1. The number of nitrogens with zero attached hydrogens (tertiary/aromatic N) is 4. The average Bonchev–Trinajstić information content (AvgIpc) is 3.02. The van der Waals surface area contributed by atoms with Crippen molar-refractivity contribution in [3.63, 3.8) is 0 Å². The monoisotopic (exact) mass is 411 g/mol. The van der Waals surface area contributed by atoms with Gasteiger partial charge in [0.05, 0.1) is 13.7 Å². The van der Waals surface area contributed by atoms with Crippen molar-refractivity contribution in [1.82, 2.24) is 25.0 Å². The lowest BCUT2D eigenvalue weighted by atomic mass is 9.97. The molecule has 1 atom stereocenters. The zero-order valence-electron chi connectivity index (χ0n) is 18.0. The summed E-state index contributed by atoms with van der Waals surface area (Å²) in [5.74, 6) is 3.61. The van der Waals surface area contributed by atoms with Crippen molar-refractivity contribution in [2.24, 2.45) is 0 Å². The highest BCUT2D eigenvalue weighted by Crippen LogP contribution is 2.27. The largest absolute Gasteiger partial charge is 0.497 e. The highest BCUT2D eigenvalue weighted by molar-refractivity contribution is 5.78. The molecule has 4 rings (SSSR count). The Morgan fingerprint density at radius 2 is 2.13 bits per heavy atom. The van der Waals surface area contributed by atoms with Crippen molar-refractivity contribution in [2.45, 2.75) is 57.4 Å². The summed E-state index contributed by atoms with van der Waals surface area (Å²) in [5.41, 5.74) is 1.17. The number of aryl methyl sites for hydroxylation is 1. The number of methoxy groups -OCH3 is 1. The minimum atomic E-state index is 0.0959. The fourth-order valence-corrected chi connectivity index (χ4v) is 4.65. The van der Waals surface area contributed by atoms with E-state index in [0.717, 1.165) is 62.7 Å². The van der Waals surface area contributed by atoms with E-state index in [1.165, 1.54) is 24.8 Å². The number of aromatic nitrogens is 3. The Morgan fingerprint density at radius 3 is 3.03 bits per heavy atom. The van der Waals surface area contributed by atoms with Crippen molar-refractivity contribution < 1.29 is 9.53 Å². The average molecular weight is 412 g/mol. The Labute approximate surface area is 178 Å². The van der Waals surface area contributed by atoms with E-state index in [4.69, 9.17) is 4.74 Å². The summed E-state index contributed by atoms with van der Waals surface area (Å²) in [6, 6.07) is 7.99. The number of ether oxygens (including phenoxy) is 1. The van der Waals surface area contributed by atoms with Crippen LogP contribution in [0.2, 0.25) is 0 Å². The van der Waals surface area contributed by atoms with Gasteiger partial charge in [0.25, 0.3) is 0 Å². The van der Waals surface area contributed by atoms with E-state index in [-0.39, 0.29) is 5.91 Å². The predicted molar refractivity (Wildman–Crippen MR) is 116 cm³/mol. The third-order valence-corrected chi connectivity index (χ3v) is 6.25. The van der Waals surface area contributed by atoms with E-state index in [1.807, 2.05) is 18.2 Å². The summed E-state index contributed by atoms with van der Waals surface area (Å²) < 4.78 is 7.62. The number of rotatable bonds is 7. The van der Waals surface area contributed by atoms with Gasteiger partial charge in [-0.25, -0.2) is 0 Å². The fraction of sp³-hybridized carbons (Fsp3) is 0.609. The van der Waals surface area contributed by atoms with Gasteiger partial charge in [-0.15, -0.1) is 10.2 Å². The zero-order valence-corrected chi connectivity index (χ0v) is 18.0. The second-order valence-corrected chi connectivity index (χ2v) is 8.46. The van der Waals surface area contributed by atoms with Gasteiger partial charge in [0.2, 0.25) is 5.91 Å². The van der Waals surface area contributed by atoms with E-state index in [1.54, 1.807) is 7.11 Å². The molecule has 1 aromatic heterocycles. The molecule has 7 heteroatoms. The van der Waals surface area contributed by atoms with Gasteiger partial charge in [0.15, 0.2) is 0 Å². The standard InChI is InChI=1S/C23H33N5O2/c1-30-20-9-5-7-18(15-20)11-12-24-22(29)17-27-13-6-8-19(16-27)23-26-25-21-10-3-2-4-14-28(21)23/h5,7,9,15,19H,2-4,6,8,10-14,16-17H2,1H3,(H,24,29). The molecule has 1 amide bonds. The molecule has 1 unspecified atom stereocenters. The molecule has 2 aliphatic rings. The molecule has 0 aliphatic carbocycles. The summed E-state index contributed by atoms with van der Waals surface area (Å²) in [5, 5.41) is 12.1. The number of carbonyl (C=O) groups excluding carboxylic acids is 1. The minimum Gasteiger partial charge on any atom is -0.497 e. The highest BCUT2D eigenvalue weighted by atomic mass is 16.5. The van der Waals surface area contributed by atoms with E-state index in [9.17, 15) is 4.79 Å². The summed E-state index contributed by atoms with van der Waals surface area (Å²) in [7, 11) is 1.67. The number of carbonyl (C=O) groups is 1. The molecule has 1 fully saturated rings. The van der Waals surface area contributed by atoms with Gasteiger partial charge in [-0.1, -0.05) is 18.6 Å². The van der Waals surface area contributed by atoms with Gasteiger partial charge in [0, 0.05) is 32.0 Å². The number of fused-ring (bicyclic) bond motifs is 1. The van der Waals surface area contributed by atoms with E-state index in [2.05, 4.69) is 31.0 Å². The Bertz CT molecular complexity index is 850. The van der Waals surface area contributed by atoms with Crippen LogP contribution in [0.4, 0.5) is 0 Å². The van der Waals surface area contributed by atoms with Crippen molar-refractivity contribution in [2.75, 3.05) is 33.3 Å². The number of hydrogen-bond donors (Lipinski definition) is 1. The van der Waals surface area contributed by atoms with Crippen LogP contribution in [0.3, 0.4) is 0 Å². The molecule has 30 heavy (non-hydrogen) atoms. The summed E-state index contributed by atoms with van der Waals surface area (Å²) in [4.78, 5) is 14.8. The minimum absolute atomic E-state index is 0.0959. The van der Waals surface area contributed by atoms with Crippen LogP contribution in [0.1, 0.15) is 55.2 Å². The van der Waals surface area contributed by atoms with Crippen LogP contribution < -0.4 is 10.1 Å². The molecule has 7 nitrogen and oxygen atoms in total. The lowest BCUT2D eigenvalue weighted by Gasteiger charge is -2.31. The van der Waals surface area contributed by atoms with Crippen molar-refractivity contribution >= 4 is 5.91 Å². The molecule has 1 saturated heterocycles. The number of benzene rings is 1. The summed E-state index contributed by atoms with van der Waals surface area (Å²) in [6.07, 6.45) is 7.77. The van der Waals surface area contributed by atoms with Crippen molar-refractivity contribution in [3.05, 3.63) is 41.5 Å². The first-order valence-corrected chi connectivity index (χ1v) is 11.3. The van der Waals surface area contributed by atoms with Crippen LogP contribution in [0, 0.1) is 0 Å². The van der Waals surface area contributed by atoms with Gasteiger partial charge < -0.3 is 14.6 Å². The Kier molecular flexibility index (Phi) is 7.00. The lowest BCUT2D eigenvalue weighted by molar-refractivity contribution is -0.122. The maximum absolute atomic E-state index is 12.5. The van der Waals surface area contributed by atoms with Gasteiger partial charge >= 0.3 is 0 Å². The summed E-state index contributed by atoms with van der Waals surface area (Å²) >= 11 is 0. The second-order valence-electron chi connectivity index (χ2n) is 8.46. The van der Waals surface area contributed by atoms with Gasteiger partial charge in [0.1, 0.15) is 17.4 Å². The molecule has 2 aliphatic heterocycles. The molecular formula is C23H33N5O2. The molecule has 0 bridgehead atoms. The fourth-order valence-electron chi connectivity index (χ4n) is 4.65. The molecule has 162 valence electrons. The Morgan fingerprint density at radius 1 is 1.20 bits per heavy atom. The smallest absolute Gasteiger partial charge is 0.234 e. The molecule has 1 N–H and O–H groups in total. The van der Waals surface area contributed by atoms with Crippen molar-refractivity contribution in [3.8, 4) is 5.75 Å². The molecule has 0 radical (unpaired) electrons. The van der Waals surface area contributed by atoms with Crippen LogP contribution in [0.25, 0.3) is 0 Å². The van der Waals surface area contributed by atoms with Crippen molar-refractivity contribution in [1.29, 1.82) is 0 Å². The number of hydrogen-bond acceptors (Lipinski definition) is 5. The predicted octanol–water partition coefficient (Wildman–Crippen LogP) is 2.55. The number of nitrogens with one attached hydrogen (secondary N) is 1. The quantitative estimate of drug-likeness (QED) is 0.758. The third kappa shape index (κ3) is 5.19. The van der Waals surface area contributed by atoms with E-state index >= 15 is 0 Å². The zero-order chi connectivity index (χ0) is 20.8. The van der Waals surface area contributed by atoms with Crippen LogP contribution >= 0.6 is 0 Å². The molecule has 0 saturated carbocycles. The van der Waals surface area contributed by atoms with E-state index < -0.39 is 0 Å². The number of amides is 1. The first kappa shape index (κ1) is 20.8. The maximum Gasteiger partial charge on any atom is 0.234 e. The van der Waals surface area contributed by atoms with Crippen LogP contribution in [-0.4, -0.2) is 58.9 Å². The second kappa shape index (κ2) is 10.1. The SMILES string of the molecule is COc1cccc(CCNC(=O)CN2CCCC(c3nnc4n3CCCCC4)C2)c1. The highest BCUT2D eigenvalue weighted by Gasteiger charge is 2.28. The first-order valence-electron chi connectivity index (χ1n) is 11.3. The normalized spacial score (nSPS) is 19.7. The molecule has 2 aromatic rings. The Balaban J connectivity index is 1.27. The van der Waals surface area contributed by atoms with Gasteiger partial charge in [-0.05, 0) is 56.3 Å².